The summed E-state index contributed by atoms with van der Waals surface area (Å²) in [6, 6.07) is 0. The van der Waals surface area contributed by atoms with Crippen LogP contribution in [0.3, 0.4) is 0 Å². The molecule has 44 valence electrons. The van der Waals surface area contributed by atoms with Gasteiger partial charge in [0.25, 0.3) is 0 Å². The molecule has 1 rings (SSSR count). The van der Waals surface area contributed by atoms with Gasteiger partial charge in [0.15, 0.2) is 0 Å². The van der Waals surface area contributed by atoms with Crippen molar-refractivity contribution >= 4 is 18.2 Å². The zero-order chi connectivity index (χ0) is 6.15. The van der Waals surface area contributed by atoms with Crippen molar-refractivity contribution in [3.05, 3.63) is 4.77 Å². The summed E-state index contributed by atoms with van der Waals surface area (Å²) < 4.78 is 1.98. The molecule has 0 atom stereocenters. The predicted molar refractivity (Wildman–Crippen MR) is 32.8 cm³/mol. The zero-order valence-corrected chi connectivity index (χ0v) is 5.20. The maximum atomic E-state index is 5.29. The first-order chi connectivity index (χ1) is 3.70. The van der Waals surface area contributed by atoms with E-state index in [4.69, 9.17) is 5.73 Å². The van der Waals surface area contributed by atoms with Crippen LogP contribution in [0, 0.1) is 4.77 Å². The number of H-pyrrole nitrogens is 1. The number of hydrogen-bond donors (Lipinski definition) is 2. The SMILES string of the molecule is Cn1[nH]c(=S)nc1N. The van der Waals surface area contributed by atoms with Gasteiger partial charge in [0.1, 0.15) is 0 Å². The highest BCUT2D eigenvalue weighted by Gasteiger charge is 1.89. The van der Waals surface area contributed by atoms with Crippen LogP contribution in [0.25, 0.3) is 0 Å². The number of nitrogen functional groups attached to an aromatic ring is 1. The van der Waals surface area contributed by atoms with Crippen molar-refractivity contribution in [1.82, 2.24) is 14.8 Å². The number of aryl methyl sites for hydroxylation is 1. The lowest BCUT2D eigenvalue weighted by molar-refractivity contribution is 0.774. The van der Waals surface area contributed by atoms with E-state index >= 15 is 0 Å². The van der Waals surface area contributed by atoms with Crippen LogP contribution in [0.15, 0.2) is 0 Å². The fourth-order valence-corrected chi connectivity index (χ4v) is 0.635. The van der Waals surface area contributed by atoms with Gasteiger partial charge in [0.2, 0.25) is 10.7 Å². The van der Waals surface area contributed by atoms with Gasteiger partial charge >= 0.3 is 0 Å². The van der Waals surface area contributed by atoms with Crippen molar-refractivity contribution in [2.75, 3.05) is 5.73 Å². The van der Waals surface area contributed by atoms with Crippen molar-refractivity contribution in [2.45, 2.75) is 0 Å². The Morgan fingerprint density at radius 3 is 2.62 bits per heavy atom. The average Bonchev–Trinajstić information content (AvgIpc) is 1.85. The Hall–Kier alpha value is -0.840. The Morgan fingerprint density at radius 2 is 2.50 bits per heavy atom. The summed E-state index contributed by atoms with van der Waals surface area (Å²) in [5.74, 6) is 0.412. The molecule has 8 heavy (non-hydrogen) atoms. The third-order valence-corrected chi connectivity index (χ3v) is 1.01. The highest BCUT2D eigenvalue weighted by atomic mass is 32.1. The average molecular weight is 130 g/mol. The van der Waals surface area contributed by atoms with Crippen molar-refractivity contribution in [3.8, 4) is 0 Å². The highest BCUT2D eigenvalue weighted by Crippen LogP contribution is 1.89. The quantitative estimate of drug-likeness (QED) is 0.488. The lowest BCUT2D eigenvalue weighted by Crippen LogP contribution is -1.97. The molecule has 0 saturated heterocycles. The van der Waals surface area contributed by atoms with Gasteiger partial charge in [-0.3, -0.25) is 9.78 Å². The van der Waals surface area contributed by atoms with Crippen LogP contribution < -0.4 is 5.73 Å². The standard InChI is InChI=1S/C3H6N4S/c1-7-2(4)5-3(8)6-7/h1H3,(H3,4,5,6,8). The first kappa shape index (κ1) is 5.30. The number of nitrogens with one attached hydrogen (secondary N) is 1. The van der Waals surface area contributed by atoms with Crippen LogP contribution in [0.2, 0.25) is 0 Å². The lowest BCUT2D eigenvalue weighted by Gasteiger charge is -1.87. The second-order valence-corrected chi connectivity index (χ2v) is 1.83. The molecule has 0 aromatic carbocycles. The summed E-state index contributed by atoms with van der Waals surface area (Å²) in [6.45, 7) is 0. The van der Waals surface area contributed by atoms with E-state index in [0.717, 1.165) is 0 Å². The number of nitrogens with two attached hydrogens (primary N) is 1. The predicted octanol–water partition coefficient (Wildman–Crippen LogP) is 0.0599. The van der Waals surface area contributed by atoms with Crippen LogP contribution in [0.1, 0.15) is 0 Å². The fourth-order valence-electron chi connectivity index (χ4n) is 0.405. The molecular weight excluding hydrogens is 124 g/mol. The summed E-state index contributed by atoms with van der Waals surface area (Å²) in [6.07, 6.45) is 0. The maximum Gasteiger partial charge on any atom is 0.217 e. The van der Waals surface area contributed by atoms with Crippen LogP contribution in [-0.2, 0) is 7.05 Å². The number of anilines is 1. The summed E-state index contributed by atoms with van der Waals surface area (Å²) >= 11 is 4.65. The van der Waals surface area contributed by atoms with Crippen molar-refractivity contribution < 1.29 is 0 Å². The van der Waals surface area contributed by atoms with Crippen molar-refractivity contribution in [1.29, 1.82) is 0 Å². The minimum absolute atomic E-state index is 0.412. The first-order valence-corrected chi connectivity index (χ1v) is 2.49. The van der Waals surface area contributed by atoms with E-state index in [9.17, 15) is 0 Å². The smallest absolute Gasteiger partial charge is 0.217 e. The number of hydrogen-bond acceptors (Lipinski definition) is 3. The van der Waals surface area contributed by atoms with E-state index in [1.54, 1.807) is 11.7 Å². The molecule has 0 aliphatic carbocycles. The van der Waals surface area contributed by atoms with Gasteiger partial charge in [-0.25, -0.2) is 0 Å². The molecule has 0 fully saturated rings. The number of aromatic amines is 1. The molecule has 4 nitrogen and oxygen atoms in total. The summed E-state index contributed by atoms with van der Waals surface area (Å²) in [7, 11) is 1.75. The van der Waals surface area contributed by atoms with Gasteiger partial charge in [-0.15, -0.1) is 0 Å². The molecule has 0 amide bonds. The van der Waals surface area contributed by atoms with E-state index in [-0.39, 0.29) is 0 Å². The van der Waals surface area contributed by atoms with E-state index in [1.807, 2.05) is 0 Å². The topological polar surface area (TPSA) is 59.6 Å². The molecule has 1 aromatic rings. The minimum Gasteiger partial charge on any atom is -0.368 e. The zero-order valence-electron chi connectivity index (χ0n) is 4.38. The molecule has 5 heteroatoms. The molecular formula is C3H6N4S. The molecule has 0 spiro atoms. The Bertz CT molecular complexity index is 211. The summed E-state index contributed by atoms with van der Waals surface area (Å²) in [5, 5.41) is 2.70. The number of aromatic nitrogens is 3. The van der Waals surface area contributed by atoms with Crippen molar-refractivity contribution in [3.63, 3.8) is 0 Å². The molecule has 0 aliphatic heterocycles. The third kappa shape index (κ3) is 0.717. The van der Waals surface area contributed by atoms with Crippen LogP contribution in [0.5, 0.6) is 0 Å². The monoisotopic (exact) mass is 130 g/mol. The van der Waals surface area contributed by atoms with Gasteiger partial charge in [-0.1, -0.05) is 0 Å². The Labute approximate surface area is 51.3 Å². The second-order valence-electron chi connectivity index (χ2n) is 1.45. The van der Waals surface area contributed by atoms with Crippen LogP contribution in [-0.4, -0.2) is 14.8 Å². The Morgan fingerprint density at radius 1 is 1.88 bits per heavy atom. The Balaban J connectivity index is 3.35. The van der Waals surface area contributed by atoms with Crippen molar-refractivity contribution in [2.24, 2.45) is 7.05 Å². The maximum absolute atomic E-state index is 5.29. The van der Waals surface area contributed by atoms with E-state index < -0.39 is 0 Å². The lowest BCUT2D eigenvalue weighted by atomic mass is 11.0. The molecule has 1 heterocycles. The van der Waals surface area contributed by atoms with E-state index in [1.165, 1.54) is 0 Å². The van der Waals surface area contributed by atoms with Gasteiger partial charge in [0, 0.05) is 7.05 Å². The van der Waals surface area contributed by atoms with Crippen LogP contribution in [0.4, 0.5) is 5.95 Å². The Kier molecular flexibility index (Phi) is 1.05. The molecule has 0 aliphatic rings. The molecule has 0 unspecified atom stereocenters. The highest BCUT2D eigenvalue weighted by molar-refractivity contribution is 7.71. The first-order valence-electron chi connectivity index (χ1n) is 2.08. The van der Waals surface area contributed by atoms with E-state index in [0.29, 0.717) is 10.7 Å². The van der Waals surface area contributed by atoms with Gasteiger partial charge in [-0.05, 0) is 12.2 Å². The fraction of sp³-hybridized carbons (Fsp3) is 0.333. The largest absolute Gasteiger partial charge is 0.368 e. The normalized spacial score (nSPS) is 9.62. The molecule has 0 bridgehead atoms. The molecule has 1 aromatic heterocycles. The molecule has 3 N–H and O–H groups in total. The number of nitrogens with zero attached hydrogens (tertiary/aromatic N) is 2. The van der Waals surface area contributed by atoms with Crippen LogP contribution >= 0.6 is 12.2 Å². The summed E-state index contributed by atoms with van der Waals surface area (Å²) in [5.41, 5.74) is 5.29. The van der Waals surface area contributed by atoms with E-state index in [2.05, 4.69) is 22.3 Å². The second kappa shape index (κ2) is 1.59. The third-order valence-electron chi connectivity index (χ3n) is 0.823. The molecule has 0 saturated carbocycles. The summed E-state index contributed by atoms with van der Waals surface area (Å²) in [4.78, 5) is 3.71. The van der Waals surface area contributed by atoms with Gasteiger partial charge < -0.3 is 5.73 Å². The minimum atomic E-state index is 0.412. The van der Waals surface area contributed by atoms with Gasteiger partial charge in [-0.2, -0.15) is 4.98 Å². The van der Waals surface area contributed by atoms with Gasteiger partial charge in [0.05, 0.1) is 0 Å². The number of rotatable bonds is 0. The molecule has 0 radical (unpaired) electrons.